The average molecular weight is 424 g/mol. The number of amides is 3. The largest absolute Gasteiger partial charge is 0.351 e. The quantitative estimate of drug-likeness (QED) is 0.770. The summed E-state index contributed by atoms with van der Waals surface area (Å²) in [5, 5.41) is 10.3. The summed E-state index contributed by atoms with van der Waals surface area (Å²) in [5.74, 6) is -0.844. The number of carbonyl (C=O) groups excluding carboxylic acids is 3. The molecule has 8 nitrogen and oxygen atoms in total. The standard InChI is InChI=1S/C23H29N5O3/c1-23(22(31)25-17-11-7-4-8-12-17)15-28-19(21(30)27(23)2)13-18(26-28)20(29)24-14-16-9-5-3-6-10-16/h3,5-6,9-10,13,17H,4,7-8,11-12,14-15H2,1-2H3,(H,24,29)(H,25,31)/t23-/m1/s1. The number of fused-ring (bicyclic) bond motifs is 1. The van der Waals surface area contributed by atoms with Gasteiger partial charge in [0.1, 0.15) is 11.2 Å². The van der Waals surface area contributed by atoms with Gasteiger partial charge in [-0.1, -0.05) is 49.6 Å². The molecule has 0 saturated heterocycles. The highest BCUT2D eigenvalue weighted by molar-refractivity contribution is 6.01. The minimum absolute atomic E-state index is 0.153. The van der Waals surface area contributed by atoms with Crippen LogP contribution in [-0.2, 0) is 17.9 Å². The Morgan fingerprint density at radius 2 is 1.87 bits per heavy atom. The van der Waals surface area contributed by atoms with Gasteiger partial charge < -0.3 is 15.5 Å². The summed E-state index contributed by atoms with van der Waals surface area (Å²) < 4.78 is 1.49. The number of likely N-dealkylation sites (N-methyl/N-ethyl adjacent to an activating group) is 1. The van der Waals surface area contributed by atoms with Crippen LogP contribution in [0.15, 0.2) is 36.4 Å². The van der Waals surface area contributed by atoms with Gasteiger partial charge in [0.2, 0.25) is 5.91 Å². The van der Waals surface area contributed by atoms with E-state index in [9.17, 15) is 14.4 Å². The second-order valence-electron chi connectivity index (χ2n) is 8.69. The first-order valence-corrected chi connectivity index (χ1v) is 10.9. The Hall–Kier alpha value is -3.16. The van der Waals surface area contributed by atoms with Crippen molar-refractivity contribution in [3.05, 3.63) is 53.3 Å². The molecule has 0 unspecified atom stereocenters. The molecule has 2 aliphatic rings. The maximum atomic E-state index is 13.1. The number of nitrogens with one attached hydrogen (secondary N) is 2. The summed E-state index contributed by atoms with van der Waals surface area (Å²) in [6, 6.07) is 11.2. The molecule has 3 amide bonds. The van der Waals surface area contributed by atoms with Crippen molar-refractivity contribution in [2.45, 2.75) is 63.7 Å². The van der Waals surface area contributed by atoms with Crippen LogP contribution in [0.25, 0.3) is 0 Å². The van der Waals surface area contributed by atoms with Gasteiger partial charge in [-0.15, -0.1) is 0 Å². The minimum Gasteiger partial charge on any atom is -0.351 e. The van der Waals surface area contributed by atoms with Gasteiger partial charge in [-0.05, 0) is 25.3 Å². The Morgan fingerprint density at radius 3 is 2.58 bits per heavy atom. The third kappa shape index (κ3) is 4.19. The summed E-state index contributed by atoms with van der Waals surface area (Å²) in [6.07, 6.45) is 5.37. The Labute approximate surface area is 182 Å². The smallest absolute Gasteiger partial charge is 0.272 e. The van der Waals surface area contributed by atoms with Gasteiger partial charge in [-0.25, -0.2) is 0 Å². The van der Waals surface area contributed by atoms with E-state index >= 15 is 0 Å². The predicted molar refractivity (Wildman–Crippen MR) is 115 cm³/mol. The third-order valence-corrected chi connectivity index (χ3v) is 6.46. The van der Waals surface area contributed by atoms with E-state index in [4.69, 9.17) is 0 Å². The molecule has 1 aromatic carbocycles. The predicted octanol–water partition coefficient (Wildman–Crippen LogP) is 2.11. The fourth-order valence-corrected chi connectivity index (χ4v) is 4.29. The van der Waals surface area contributed by atoms with Crippen molar-refractivity contribution in [2.75, 3.05) is 7.05 Å². The van der Waals surface area contributed by atoms with Crippen LogP contribution in [0.2, 0.25) is 0 Å². The Morgan fingerprint density at radius 1 is 1.16 bits per heavy atom. The lowest BCUT2D eigenvalue weighted by Gasteiger charge is -2.41. The van der Waals surface area contributed by atoms with Crippen molar-refractivity contribution in [1.82, 2.24) is 25.3 Å². The Bertz CT molecular complexity index is 980. The highest BCUT2D eigenvalue weighted by Crippen LogP contribution is 2.27. The first-order chi connectivity index (χ1) is 14.9. The summed E-state index contributed by atoms with van der Waals surface area (Å²) in [4.78, 5) is 40.2. The number of aromatic nitrogens is 2. The van der Waals surface area contributed by atoms with Gasteiger partial charge in [-0.3, -0.25) is 19.1 Å². The number of nitrogens with zero attached hydrogens (tertiary/aromatic N) is 3. The Kier molecular flexibility index (Phi) is 5.80. The van der Waals surface area contributed by atoms with Gasteiger partial charge in [-0.2, -0.15) is 5.10 Å². The molecule has 31 heavy (non-hydrogen) atoms. The van der Waals surface area contributed by atoms with Gasteiger partial charge in [0.05, 0.1) is 6.54 Å². The fraction of sp³-hybridized carbons (Fsp3) is 0.478. The lowest BCUT2D eigenvalue weighted by molar-refractivity contribution is -0.133. The van der Waals surface area contributed by atoms with Crippen molar-refractivity contribution in [2.24, 2.45) is 0 Å². The minimum atomic E-state index is -1.06. The number of rotatable bonds is 5. The van der Waals surface area contributed by atoms with Crippen LogP contribution in [-0.4, -0.2) is 51.0 Å². The lowest BCUT2D eigenvalue weighted by atomic mass is 9.92. The number of carbonyl (C=O) groups is 3. The summed E-state index contributed by atoms with van der Waals surface area (Å²) in [7, 11) is 1.63. The molecule has 4 rings (SSSR count). The highest BCUT2D eigenvalue weighted by atomic mass is 16.2. The fourth-order valence-electron chi connectivity index (χ4n) is 4.29. The zero-order chi connectivity index (χ0) is 22.0. The van der Waals surface area contributed by atoms with Crippen LogP contribution >= 0.6 is 0 Å². The molecule has 0 radical (unpaired) electrons. The molecule has 0 spiro atoms. The van der Waals surface area contributed by atoms with E-state index in [0.717, 1.165) is 31.2 Å². The monoisotopic (exact) mass is 423 g/mol. The number of hydrogen-bond acceptors (Lipinski definition) is 4. The molecule has 0 bridgehead atoms. The van der Waals surface area contributed by atoms with Gasteiger partial charge in [0.15, 0.2) is 5.69 Å². The second kappa shape index (κ2) is 8.53. The van der Waals surface area contributed by atoms with Crippen LogP contribution < -0.4 is 10.6 Å². The normalized spacial score (nSPS) is 21.5. The molecular formula is C23H29N5O3. The van der Waals surface area contributed by atoms with E-state index in [2.05, 4.69) is 15.7 Å². The summed E-state index contributed by atoms with van der Waals surface area (Å²) in [5.41, 5.74) is 0.397. The van der Waals surface area contributed by atoms with E-state index in [1.807, 2.05) is 30.3 Å². The first kappa shape index (κ1) is 21.1. The molecule has 1 aliphatic heterocycles. The molecule has 1 aromatic heterocycles. The van der Waals surface area contributed by atoms with Gasteiger partial charge in [0, 0.05) is 25.7 Å². The lowest BCUT2D eigenvalue weighted by Crippen LogP contribution is -2.63. The van der Waals surface area contributed by atoms with Crippen LogP contribution in [0, 0.1) is 0 Å². The van der Waals surface area contributed by atoms with E-state index in [-0.39, 0.29) is 36.0 Å². The zero-order valence-electron chi connectivity index (χ0n) is 18.1. The van der Waals surface area contributed by atoms with E-state index in [0.29, 0.717) is 12.2 Å². The summed E-state index contributed by atoms with van der Waals surface area (Å²) >= 11 is 0. The topological polar surface area (TPSA) is 96.3 Å². The number of benzene rings is 1. The maximum absolute atomic E-state index is 13.1. The van der Waals surface area contributed by atoms with E-state index in [1.165, 1.54) is 22.1 Å². The molecule has 2 N–H and O–H groups in total. The molecule has 2 heterocycles. The first-order valence-electron chi connectivity index (χ1n) is 10.9. The van der Waals surface area contributed by atoms with Crippen molar-refractivity contribution < 1.29 is 14.4 Å². The molecule has 1 saturated carbocycles. The molecule has 164 valence electrons. The second-order valence-corrected chi connectivity index (χ2v) is 8.69. The average Bonchev–Trinajstić information content (AvgIpc) is 3.21. The van der Waals surface area contributed by atoms with Crippen LogP contribution in [0.3, 0.4) is 0 Å². The third-order valence-electron chi connectivity index (χ3n) is 6.46. The zero-order valence-corrected chi connectivity index (χ0v) is 18.1. The van der Waals surface area contributed by atoms with Crippen molar-refractivity contribution in [3.63, 3.8) is 0 Å². The van der Waals surface area contributed by atoms with Gasteiger partial charge >= 0.3 is 0 Å². The number of hydrogen-bond donors (Lipinski definition) is 2. The SMILES string of the molecule is CN1C(=O)c2cc(C(=O)NCc3ccccc3)nn2C[C@]1(C)C(=O)NC1CCCCC1. The van der Waals surface area contributed by atoms with Crippen LogP contribution in [0.1, 0.15) is 65.6 Å². The molecule has 8 heteroatoms. The van der Waals surface area contributed by atoms with Crippen LogP contribution in [0.4, 0.5) is 0 Å². The molecule has 2 aromatic rings. The molecule has 1 fully saturated rings. The Balaban J connectivity index is 1.48. The van der Waals surface area contributed by atoms with Crippen molar-refractivity contribution in [1.29, 1.82) is 0 Å². The maximum Gasteiger partial charge on any atom is 0.272 e. The molecule has 1 atom stereocenters. The molecule has 1 aliphatic carbocycles. The van der Waals surface area contributed by atoms with Crippen LogP contribution in [0.5, 0.6) is 0 Å². The van der Waals surface area contributed by atoms with Crippen molar-refractivity contribution >= 4 is 17.7 Å². The summed E-state index contributed by atoms with van der Waals surface area (Å²) in [6.45, 7) is 2.33. The highest BCUT2D eigenvalue weighted by Gasteiger charge is 2.46. The van der Waals surface area contributed by atoms with E-state index < -0.39 is 5.54 Å². The van der Waals surface area contributed by atoms with Crippen molar-refractivity contribution in [3.8, 4) is 0 Å². The van der Waals surface area contributed by atoms with E-state index in [1.54, 1.807) is 14.0 Å². The van der Waals surface area contributed by atoms with Gasteiger partial charge in [0.25, 0.3) is 11.8 Å². The molecular weight excluding hydrogens is 394 g/mol.